The summed E-state index contributed by atoms with van der Waals surface area (Å²) in [4.78, 5) is 0. The van der Waals surface area contributed by atoms with Crippen LogP contribution in [0.5, 0.6) is 5.75 Å². The quantitative estimate of drug-likeness (QED) is 0.755. The average molecular weight is 374 g/mol. The lowest BCUT2D eigenvalue weighted by Crippen LogP contribution is -2.25. The van der Waals surface area contributed by atoms with Gasteiger partial charge in [0.05, 0.1) is 19.3 Å². The summed E-state index contributed by atoms with van der Waals surface area (Å²) in [7, 11) is 1.67. The van der Waals surface area contributed by atoms with E-state index in [-0.39, 0.29) is 18.2 Å². The van der Waals surface area contributed by atoms with E-state index in [0.29, 0.717) is 6.54 Å². The third-order valence-corrected chi connectivity index (χ3v) is 4.62. The van der Waals surface area contributed by atoms with E-state index < -0.39 is 0 Å². The van der Waals surface area contributed by atoms with Gasteiger partial charge in [0.1, 0.15) is 11.6 Å². The number of nitrogens with one attached hydrogen (secondary N) is 1. The molecule has 1 aliphatic rings. The van der Waals surface area contributed by atoms with Crippen LogP contribution in [0, 0.1) is 5.82 Å². The molecule has 26 heavy (non-hydrogen) atoms. The Morgan fingerprint density at radius 3 is 2.54 bits per heavy atom. The van der Waals surface area contributed by atoms with Crippen molar-refractivity contribution in [3.05, 3.63) is 71.2 Å². The number of rotatable bonds is 4. The summed E-state index contributed by atoms with van der Waals surface area (Å²) in [5.41, 5.74) is 5.54. The van der Waals surface area contributed by atoms with E-state index in [4.69, 9.17) is 9.84 Å². The molecule has 3 aromatic rings. The second-order valence-corrected chi connectivity index (χ2v) is 6.21. The summed E-state index contributed by atoms with van der Waals surface area (Å²) in [6.07, 6.45) is 0.944. The topological polar surface area (TPSA) is 39.1 Å². The molecule has 0 radical (unpaired) electrons. The lowest BCUT2D eigenvalue weighted by molar-refractivity contribution is 0.414. The number of aromatic nitrogens is 2. The first kappa shape index (κ1) is 18.4. The number of methoxy groups -OCH3 is 1. The first-order valence-corrected chi connectivity index (χ1v) is 8.43. The Bertz CT molecular complexity index is 875. The fourth-order valence-electron chi connectivity index (χ4n) is 3.29. The molecular formula is C20H21ClFN3O. The molecule has 1 N–H and O–H groups in total. The fourth-order valence-corrected chi connectivity index (χ4v) is 3.29. The van der Waals surface area contributed by atoms with Gasteiger partial charge in [0.25, 0.3) is 0 Å². The minimum atomic E-state index is -0.228. The van der Waals surface area contributed by atoms with Gasteiger partial charge in [0, 0.05) is 36.3 Å². The lowest BCUT2D eigenvalue weighted by Gasteiger charge is -2.16. The monoisotopic (exact) mass is 373 g/mol. The van der Waals surface area contributed by atoms with Crippen molar-refractivity contribution in [3.8, 4) is 17.0 Å². The summed E-state index contributed by atoms with van der Waals surface area (Å²) in [5, 5.41) is 8.26. The number of ether oxygens (including phenoxy) is 1. The SMILES string of the molecule is COc1ccc(Cn2nc(-c3ccc(F)cc3)c3c2CCNC3)cc1.Cl. The van der Waals surface area contributed by atoms with Crippen LogP contribution in [0.15, 0.2) is 48.5 Å². The maximum absolute atomic E-state index is 13.2. The molecule has 6 heteroatoms. The molecule has 1 aromatic heterocycles. The summed E-state index contributed by atoms with van der Waals surface area (Å²) < 4.78 is 20.5. The van der Waals surface area contributed by atoms with Gasteiger partial charge in [-0.1, -0.05) is 12.1 Å². The zero-order valence-corrected chi connectivity index (χ0v) is 15.4. The van der Waals surface area contributed by atoms with Gasteiger partial charge in [-0.3, -0.25) is 4.68 Å². The van der Waals surface area contributed by atoms with Gasteiger partial charge >= 0.3 is 0 Å². The second kappa shape index (κ2) is 7.89. The van der Waals surface area contributed by atoms with Gasteiger partial charge in [0.15, 0.2) is 0 Å². The predicted molar refractivity (Wildman–Crippen MR) is 102 cm³/mol. The number of hydrogen-bond donors (Lipinski definition) is 1. The lowest BCUT2D eigenvalue weighted by atomic mass is 10.0. The van der Waals surface area contributed by atoms with E-state index >= 15 is 0 Å². The molecule has 0 aliphatic carbocycles. The van der Waals surface area contributed by atoms with Crippen molar-refractivity contribution in [2.75, 3.05) is 13.7 Å². The molecule has 136 valence electrons. The van der Waals surface area contributed by atoms with E-state index in [9.17, 15) is 4.39 Å². The molecule has 0 saturated carbocycles. The van der Waals surface area contributed by atoms with Crippen LogP contribution in [-0.4, -0.2) is 23.4 Å². The van der Waals surface area contributed by atoms with Crippen LogP contribution in [0.3, 0.4) is 0 Å². The van der Waals surface area contributed by atoms with Crippen molar-refractivity contribution in [2.24, 2.45) is 0 Å². The van der Waals surface area contributed by atoms with Crippen LogP contribution >= 0.6 is 12.4 Å². The van der Waals surface area contributed by atoms with Crippen molar-refractivity contribution in [3.63, 3.8) is 0 Å². The number of benzene rings is 2. The smallest absolute Gasteiger partial charge is 0.123 e. The molecule has 0 atom stereocenters. The van der Waals surface area contributed by atoms with Gasteiger partial charge in [-0.25, -0.2) is 4.39 Å². The highest BCUT2D eigenvalue weighted by molar-refractivity contribution is 5.85. The molecule has 2 aromatic carbocycles. The minimum absolute atomic E-state index is 0. The van der Waals surface area contributed by atoms with E-state index in [2.05, 4.69) is 22.1 Å². The number of halogens is 2. The third kappa shape index (κ3) is 3.59. The summed E-state index contributed by atoms with van der Waals surface area (Å²) >= 11 is 0. The third-order valence-electron chi connectivity index (χ3n) is 4.62. The first-order chi connectivity index (χ1) is 12.2. The minimum Gasteiger partial charge on any atom is -0.497 e. The van der Waals surface area contributed by atoms with E-state index in [1.165, 1.54) is 29.0 Å². The van der Waals surface area contributed by atoms with Crippen LogP contribution in [0.25, 0.3) is 11.3 Å². The Labute approximate surface area is 158 Å². The van der Waals surface area contributed by atoms with Gasteiger partial charge in [-0.2, -0.15) is 5.10 Å². The normalized spacial score (nSPS) is 13.0. The standard InChI is InChI=1S/C20H20FN3O.ClH/c1-25-17-8-2-14(3-9-17)13-24-19-10-11-22-12-18(19)20(23-24)15-4-6-16(21)7-5-15;/h2-9,22H,10-13H2,1H3;1H. The molecule has 4 nitrogen and oxygen atoms in total. The highest BCUT2D eigenvalue weighted by Crippen LogP contribution is 2.28. The van der Waals surface area contributed by atoms with Crippen LogP contribution in [0.4, 0.5) is 4.39 Å². The highest BCUT2D eigenvalue weighted by Gasteiger charge is 2.21. The maximum atomic E-state index is 13.2. The summed E-state index contributed by atoms with van der Waals surface area (Å²) in [5.74, 6) is 0.621. The van der Waals surface area contributed by atoms with E-state index in [1.54, 1.807) is 19.2 Å². The molecule has 0 unspecified atom stereocenters. The summed E-state index contributed by atoms with van der Waals surface area (Å²) in [6.45, 7) is 2.46. The van der Waals surface area contributed by atoms with Crippen molar-refractivity contribution in [1.82, 2.24) is 15.1 Å². The number of fused-ring (bicyclic) bond motifs is 1. The van der Waals surface area contributed by atoms with Gasteiger partial charge in [0.2, 0.25) is 0 Å². The average Bonchev–Trinajstić information content (AvgIpc) is 3.02. The van der Waals surface area contributed by atoms with E-state index in [0.717, 1.165) is 36.5 Å². The molecule has 2 heterocycles. The van der Waals surface area contributed by atoms with Crippen LogP contribution in [0.2, 0.25) is 0 Å². The van der Waals surface area contributed by atoms with Crippen LogP contribution in [0.1, 0.15) is 16.8 Å². The maximum Gasteiger partial charge on any atom is 0.123 e. The zero-order chi connectivity index (χ0) is 17.2. The van der Waals surface area contributed by atoms with Crippen molar-refractivity contribution in [2.45, 2.75) is 19.5 Å². The zero-order valence-electron chi connectivity index (χ0n) is 14.5. The van der Waals surface area contributed by atoms with Crippen molar-refractivity contribution < 1.29 is 9.13 Å². The Morgan fingerprint density at radius 2 is 1.85 bits per heavy atom. The van der Waals surface area contributed by atoms with Crippen molar-refractivity contribution in [1.29, 1.82) is 0 Å². The largest absolute Gasteiger partial charge is 0.497 e. The molecule has 0 amide bonds. The Morgan fingerprint density at radius 1 is 1.12 bits per heavy atom. The Hall–Kier alpha value is -2.37. The second-order valence-electron chi connectivity index (χ2n) is 6.21. The Kier molecular flexibility index (Phi) is 5.59. The Balaban J connectivity index is 0.00000196. The molecule has 0 saturated heterocycles. The number of nitrogens with zero attached hydrogens (tertiary/aromatic N) is 2. The van der Waals surface area contributed by atoms with E-state index in [1.807, 2.05) is 12.1 Å². The molecule has 1 aliphatic heterocycles. The molecule has 0 bridgehead atoms. The molecule has 0 fully saturated rings. The van der Waals surface area contributed by atoms with Crippen molar-refractivity contribution >= 4 is 12.4 Å². The van der Waals surface area contributed by atoms with Gasteiger partial charge in [-0.15, -0.1) is 12.4 Å². The summed E-state index contributed by atoms with van der Waals surface area (Å²) in [6, 6.07) is 14.6. The molecular weight excluding hydrogens is 353 g/mol. The van der Waals surface area contributed by atoms with Crippen LogP contribution < -0.4 is 10.1 Å². The predicted octanol–water partition coefficient (Wildman–Crippen LogP) is 3.81. The highest BCUT2D eigenvalue weighted by atomic mass is 35.5. The molecule has 0 spiro atoms. The first-order valence-electron chi connectivity index (χ1n) is 8.43. The van der Waals surface area contributed by atoms with Gasteiger partial charge in [-0.05, 0) is 42.0 Å². The number of hydrogen-bond acceptors (Lipinski definition) is 3. The van der Waals surface area contributed by atoms with Gasteiger partial charge < -0.3 is 10.1 Å². The molecule has 4 rings (SSSR count). The van der Waals surface area contributed by atoms with Crippen LogP contribution in [-0.2, 0) is 19.5 Å². The fraction of sp³-hybridized carbons (Fsp3) is 0.250.